The van der Waals surface area contributed by atoms with Gasteiger partial charge < -0.3 is 4.98 Å². The largest absolute Gasteiger partial charge is 0.358 e. The summed E-state index contributed by atoms with van der Waals surface area (Å²) < 4.78 is 0. The summed E-state index contributed by atoms with van der Waals surface area (Å²) in [5.41, 5.74) is 4.19. The first-order valence-corrected chi connectivity index (χ1v) is 6.01. The molecule has 0 aliphatic heterocycles. The Morgan fingerprint density at radius 3 is 2.31 bits per heavy atom. The van der Waals surface area contributed by atoms with Crippen LogP contribution in [0.4, 0.5) is 0 Å². The number of nitrogens with one attached hydrogen (secondary N) is 1. The van der Waals surface area contributed by atoms with Gasteiger partial charge in [0.2, 0.25) is 0 Å². The smallest absolute Gasteiger partial charge is 0.0459 e. The fraction of sp³-hybridized carbons (Fsp3) is 0.467. The molecule has 0 amide bonds. The predicted molar refractivity (Wildman–Crippen MR) is 71.1 cm³/mol. The summed E-state index contributed by atoms with van der Waals surface area (Å²) in [5.74, 6) is 0.561. The van der Waals surface area contributed by atoms with Crippen molar-refractivity contribution >= 4 is 10.9 Å². The van der Waals surface area contributed by atoms with Crippen LogP contribution in [0.15, 0.2) is 24.3 Å². The van der Waals surface area contributed by atoms with Gasteiger partial charge in [-0.3, -0.25) is 0 Å². The average molecular weight is 215 g/mol. The van der Waals surface area contributed by atoms with E-state index in [2.05, 4.69) is 63.9 Å². The van der Waals surface area contributed by atoms with Gasteiger partial charge in [-0.05, 0) is 34.4 Å². The van der Waals surface area contributed by atoms with E-state index in [1.165, 1.54) is 22.2 Å². The lowest BCUT2D eigenvalue weighted by Crippen LogP contribution is -2.10. The normalized spacial score (nSPS) is 12.6. The van der Waals surface area contributed by atoms with Gasteiger partial charge in [0, 0.05) is 11.2 Å². The van der Waals surface area contributed by atoms with Crippen molar-refractivity contribution in [2.75, 3.05) is 0 Å². The maximum atomic E-state index is 3.51. The van der Waals surface area contributed by atoms with Gasteiger partial charge in [-0.2, -0.15) is 0 Å². The van der Waals surface area contributed by atoms with Crippen LogP contribution in [-0.2, 0) is 5.41 Å². The third-order valence-electron chi connectivity index (χ3n) is 3.13. The molecule has 1 heteroatoms. The van der Waals surface area contributed by atoms with Crippen LogP contribution < -0.4 is 0 Å². The van der Waals surface area contributed by atoms with Crippen LogP contribution >= 0.6 is 0 Å². The van der Waals surface area contributed by atoms with Crippen LogP contribution in [-0.4, -0.2) is 4.98 Å². The molecular formula is C15H21N. The van der Waals surface area contributed by atoms with E-state index in [-0.39, 0.29) is 5.41 Å². The fourth-order valence-corrected chi connectivity index (χ4v) is 1.93. The summed E-state index contributed by atoms with van der Waals surface area (Å²) in [6.07, 6.45) is 0. The van der Waals surface area contributed by atoms with Crippen molar-refractivity contribution in [3.05, 3.63) is 35.5 Å². The van der Waals surface area contributed by atoms with Crippen molar-refractivity contribution in [3.8, 4) is 0 Å². The van der Waals surface area contributed by atoms with Crippen LogP contribution in [0.2, 0.25) is 0 Å². The number of aromatic nitrogens is 1. The van der Waals surface area contributed by atoms with Gasteiger partial charge in [0.05, 0.1) is 0 Å². The number of hydrogen-bond acceptors (Lipinski definition) is 0. The molecule has 0 unspecified atom stereocenters. The average Bonchev–Trinajstić information content (AvgIpc) is 2.58. The zero-order valence-corrected chi connectivity index (χ0v) is 10.9. The third kappa shape index (κ3) is 1.99. The molecule has 0 aliphatic rings. The summed E-state index contributed by atoms with van der Waals surface area (Å²) >= 11 is 0. The van der Waals surface area contributed by atoms with Crippen molar-refractivity contribution < 1.29 is 0 Å². The van der Waals surface area contributed by atoms with E-state index < -0.39 is 0 Å². The van der Waals surface area contributed by atoms with E-state index in [9.17, 15) is 0 Å². The van der Waals surface area contributed by atoms with E-state index in [0.717, 1.165) is 0 Å². The predicted octanol–water partition coefficient (Wildman–Crippen LogP) is 4.59. The Balaban J connectivity index is 2.54. The van der Waals surface area contributed by atoms with Gasteiger partial charge in [-0.25, -0.2) is 0 Å². The minimum absolute atomic E-state index is 0.220. The standard InChI is InChI=1S/C15H21N/c1-10(2)13-8-11-6-7-12(15(3,4)5)9-14(11)16-13/h6-10,16H,1-5H3. The number of H-pyrrole nitrogens is 1. The molecule has 0 saturated heterocycles. The fourth-order valence-electron chi connectivity index (χ4n) is 1.93. The van der Waals surface area contributed by atoms with Gasteiger partial charge >= 0.3 is 0 Å². The molecule has 0 bridgehead atoms. The van der Waals surface area contributed by atoms with E-state index in [4.69, 9.17) is 0 Å². The second-order valence-electron chi connectivity index (χ2n) is 5.93. The molecule has 1 nitrogen and oxygen atoms in total. The zero-order chi connectivity index (χ0) is 11.9. The molecule has 16 heavy (non-hydrogen) atoms. The highest BCUT2D eigenvalue weighted by Crippen LogP contribution is 2.27. The molecule has 86 valence electrons. The zero-order valence-electron chi connectivity index (χ0n) is 10.9. The van der Waals surface area contributed by atoms with Crippen LogP contribution in [0.3, 0.4) is 0 Å². The maximum Gasteiger partial charge on any atom is 0.0459 e. The van der Waals surface area contributed by atoms with Crippen molar-refractivity contribution in [1.82, 2.24) is 4.98 Å². The van der Waals surface area contributed by atoms with Gasteiger partial charge in [-0.1, -0.05) is 46.8 Å². The number of rotatable bonds is 1. The van der Waals surface area contributed by atoms with E-state index in [1.54, 1.807) is 0 Å². The Labute approximate surface area is 97.9 Å². The van der Waals surface area contributed by atoms with E-state index in [1.807, 2.05) is 0 Å². The Hall–Kier alpha value is -1.24. The first-order chi connectivity index (χ1) is 7.38. The van der Waals surface area contributed by atoms with Gasteiger partial charge in [-0.15, -0.1) is 0 Å². The lowest BCUT2D eigenvalue weighted by molar-refractivity contribution is 0.591. The van der Waals surface area contributed by atoms with Crippen molar-refractivity contribution in [1.29, 1.82) is 0 Å². The topological polar surface area (TPSA) is 15.8 Å². The van der Waals surface area contributed by atoms with Crippen LogP contribution in [0, 0.1) is 0 Å². The van der Waals surface area contributed by atoms with Gasteiger partial charge in [0.25, 0.3) is 0 Å². The molecule has 0 saturated carbocycles. The summed E-state index contributed by atoms with van der Waals surface area (Å²) in [6, 6.07) is 8.99. The molecule has 1 heterocycles. The first kappa shape index (κ1) is 11.3. The number of benzene rings is 1. The number of aromatic amines is 1. The molecule has 2 rings (SSSR count). The Morgan fingerprint density at radius 2 is 1.75 bits per heavy atom. The molecule has 0 spiro atoms. The minimum atomic E-state index is 0.220. The highest BCUT2D eigenvalue weighted by atomic mass is 14.7. The second kappa shape index (κ2) is 3.65. The van der Waals surface area contributed by atoms with Crippen molar-refractivity contribution in [3.63, 3.8) is 0 Å². The third-order valence-corrected chi connectivity index (χ3v) is 3.13. The maximum absolute atomic E-state index is 3.51. The molecule has 1 N–H and O–H groups in total. The summed E-state index contributed by atoms with van der Waals surface area (Å²) in [6.45, 7) is 11.2. The molecule has 0 fully saturated rings. The van der Waals surface area contributed by atoms with E-state index in [0.29, 0.717) is 5.92 Å². The SMILES string of the molecule is CC(C)c1cc2ccc(C(C)(C)C)cc2[nH]1. The second-order valence-corrected chi connectivity index (χ2v) is 5.93. The highest BCUT2D eigenvalue weighted by Gasteiger charge is 2.14. The molecule has 0 aliphatic carbocycles. The first-order valence-electron chi connectivity index (χ1n) is 6.01. The molecule has 2 aromatic rings. The lowest BCUT2D eigenvalue weighted by Gasteiger charge is -2.18. The van der Waals surface area contributed by atoms with Crippen molar-refractivity contribution in [2.24, 2.45) is 0 Å². The molecule has 1 aromatic carbocycles. The van der Waals surface area contributed by atoms with Crippen LogP contribution in [0.5, 0.6) is 0 Å². The Morgan fingerprint density at radius 1 is 1.06 bits per heavy atom. The minimum Gasteiger partial charge on any atom is -0.358 e. The molecule has 1 aromatic heterocycles. The van der Waals surface area contributed by atoms with Crippen LogP contribution in [0.25, 0.3) is 10.9 Å². The number of hydrogen-bond donors (Lipinski definition) is 1. The summed E-state index contributed by atoms with van der Waals surface area (Å²) in [5, 5.41) is 1.32. The molecular weight excluding hydrogens is 194 g/mol. The van der Waals surface area contributed by atoms with Crippen molar-refractivity contribution in [2.45, 2.75) is 46.0 Å². The quantitative estimate of drug-likeness (QED) is 0.716. The van der Waals surface area contributed by atoms with Gasteiger partial charge in [0.1, 0.15) is 0 Å². The van der Waals surface area contributed by atoms with Gasteiger partial charge in [0.15, 0.2) is 0 Å². The Bertz CT molecular complexity index is 498. The summed E-state index contributed by atoms with van der Waals surface area (Å²) in [4.78, 5) is 3.51. The van der Waals surface area contributed by atoms with E-state index >= 15 is 0 Å². The number of fused-ring (bicyclic) bond motifs is 1. The summed E-state index contributed by atoms with van der Waals surface area (Å²) in [7, 11) is 0. The highest BCUT2D eigenvalue weighted by molar-refractivity contribution is 5.81. The monoisotopic (exact) mass is 215 g/mol. The molecule has 0 radical (unpaired) electrons. The molecule has 0 atom stereocenters. The van der Waals surface area contributed by atoms with Crippen LogP contribution in [0.1, 0.15) is 51.8 Å². The lowest BCUT2D eigenvalue weighted by atomic mass is 9.87. The Kier molecular flexibility index (Phi) is 2.57.